The molecule has 108 valence electrons. The van der Waals surface area contributed by atoms with Gasteiger partial charge in [-0.1, -0.05) is 6.92 Å². The van der Waals surface area contributed by atoms with Gasteiger partial charge in [-0.05, 0) is 31.6 Å². The van der Waals surface area contributed by atoms with Crippen molar-refractivity contribution >= 4 is 22.6 Å². The molecule has 0 spiro atoms. The Morgan fingerprint density at radius 1 is 1.17 bits per heavy atom. The Labute approximate surface area is 116 Å². The highest BCUT2D eigenvalue weighted by Gasteiger charge is 2.38. The number of halogens is 1. The number of nitrogens with zero attached hydrogens (tertiary/aromatic N) is 2. The number of piperidine rings is 1. The Kier molecular flexibility index (Phi) is 5.86. The van der Waals surface area contributed by atoms with E-state index < -0.39 is 10.2 Å². The first-order valence-electron chi connectivity index (χ1n) is 6.52. The molecule has 0 aromatic carbocycles. The van der Waals surface area contributed by atoms with E-state index in [9.17, 15) is 8.42 Å². The van der Waals surface area contributed by atoms with E-state index in [1.165, 1.54) is 0 Å². The molecule has 7 heteroatoms. The van der Waals surface area contributed by atoms with Crippen molar-refractivity contribution in [2.45, 2.75) is 38.6 Å². The predicted octanol–water partition coefficient (Wildman–Crippen LogP) is 0.808. The molecule has 0 radical (unpaired) electrons. The average molecular weight is 298 g/mol. The fourth-order valence-electron chi connectivity index (χ4n) is 2.71. The van der Waals surface area contributed by atoms with Crippen molar-refractivity contribution in [2.75, 3.05) is 26.2 Å². The summed E-state index contributed by atoms with van der Waals surface area (Å²) in [4.78, 5) is 0. The van der Waals surface area contributed by atoms with Gasteiger partial charge in [-0.15, -0.1) is 12.4 Å². The van der Waals surface area contributed by atoms with Gasteiger partial charge in [-0.3, -0.25) is 0 Å². The molecule has 18 heavy (non-hydrogen) atoms. The Balaban J connectivity index is 0.00000162. The van der Waals surface area contributed by atoms with E-state index in [0.29, 0.717) is 32.1 Å². The van der Waals surface area contributed by atoms with Gasteiger partial charge in [0, 0.05) is 32.2 Å². The van der Waals surface area contributed by atoms with Crippen molar-refractivity contribution in [1.82, 2.24) is 8.61 Å². The molecule has 0 saturated carbocycles. The lowest BCUT2D eigenvalue weighted by molar-refractivity contribution is 0.260. The molecular formula is C11H24ClN3O2S. The minimum Gasteiger partial charge on any atom is -0.329 e. The Hall–Kier alpha value is 0.120. The van der Waals surface area contributed by atoms with Gasteiger partial charge in [0.1, 0.15) is 0 Å². The highest BCUT2D eigenvalue weighted by atomic mass is 35.5. The maximum atomic E-state index is 12.5. The summed E-state index contributed by atoms with van der Waals surface area (Å²) < 4.78 is 28.2. The molecule has 2 aliphatic heterocycles. The molecule has 2 fully saturated rings. The van der Waals surface area contributed by atoms with Crippen molar-refractivity contribution in [1.29, 1.82) is 0 Å². The van der Waals surface area contributed by atoms with Crippen LogP contribution in [0.15, 0.2) is 0 Å². The van der Waals surface area contributed by atoms with Gasteiger partial charge < -0.3 is 5.73 Å². The van der Waals surface area contributed by atoms with E-state index in [-0.39, 0.29) is 18.4 Å². The van der Waals surface area contributed by atoms with E-state index >= 15 is 0 Å². The SMILES string of the molecule is CC1CCN(S(=O)(=O)N2CCCC2CN)CC1.Cl. The summed E-state index contributed by atoms with van der Waals surface area (Å²) in [5.41, 5.74) is 5.65. The summed E-state index contributed by atoms with van der Waals surface area (Å²) in [6.45, 7) is 4.58. The zero-order valence-electron chi connectivity index (χ0n) is 10.9. The van der Waals surface area contributed by atoms with Gasteiger partial charge in [-0.2, -0.15) is 17.0 Å². The van der Waals surface area contributed by atoms with E-state index in [0.717, 1.165) is 25.7 Å². The van der Waals surface area contributed by atoms with Crippen LogP contribution in [-0.4, -0.2) is 49.2 Å². The van der Waals surface area contributed by atoms with Crippen molar-refractivity contribution < 1.29 is 8.42 Å². The Bertz CT molecular complexity index is 355. The third-order valence-electron chi connectivity index (χ3n) is 3.96. The van der Waals surface area contributed by atoms with Crippen molar-refractivity contribution in [2.24, 2.45) is 11.7 Å². The van der Waals surface area contributed by atoms with Crippen LogP contribution in [0.25, 0.3) is 0 Å². The highest BCUT2D eigenvalue weighted by molar-refractivity contribution is 7.86. The lowest BCUT2D eigenvalue weighted by Crippen LogP contribution is -2.50. The van der Waals surface area contributed by atoms with Crippen LogP contribution in [0.5, 0.6) is 0 Å². The normalized spacial score (nSPS) is 28.2. The van der Waals surface area contributed by atoms with Crippen LogP contribution in [0.1, 0.15) is 32.6 Å². The third kappa shape index (κ3) is 3.17. The van der Waals surface area contributed by atoms with Gasteiger partial charge in [0.2, 0.25) is 0 Å². The molecule has 0 bridgehead atoms. The molecule has 0 amide bonds. The maximum absolute atomic E-state index is 12.5. The van der Waals surface area contributed by atoms with E-state index in [4.69, 9.17) is 5.73 Å². The number of nitrogens with two attached hydrogens (primary N) is 1. The van der Waals surface area contributed by atoms with E-state index in [1.807, 2.05) is 0 Å². The third-order valence-corrected chi connectivity index (χ3v) is 6.05. The van der Waals surface area contributed by atoms with Crippen LogP contribution in [0.4, 0.5) is 0 Å². The average Bonchev–Trinajstić information content (AvgIpc) is 2.78. The summed E-state index contributed by atoms with van der Waals surface area (Å²) in [6, 6.07) is 0.0133. The molecule has 1 unspecified atom stereocenters. The Morgan fingerprint density at radius 3 is 2.33 bits per heavy atom. The number of hydrogen-bond donors (Lipinski definition) is 1. The lowest BCUT2D eigenvalue weighted by atomic mass is 10.0. The largest absolute Gasteiger partial charge is 0.329 e. The van der Waals surface area contributed by atoms with Gasteiger partial charge >= 0.3 is 0 Å². The molecule has 5 nitrogen and oxygen atoms in total. The van der Waals surface area contributed by atoms with Crippen LogP contribution in [-0.2, 0) is 10.2 Å². The first-order chi connectivity index (χ1) is 8.05. The summed E-state index contributed by atoms with van der Waals surface area (Å²) in [6.07, 6.45) is 3.78. The topological polar surface area (TPSA) is 66.6 Å². The number of rotatable bonds is 3. The van der Waals surface area contributed by atoms with E-state index in [2.05, 4.69) is 6.92 Å². The van der Waals surface area contributed by atoms with Crippen LogP contribution < -0.4 is 5.73 Å². The predicted molar refractivity (Wildman–Crippen MR) is 74.9 cm³/mol. The highest BCUT2D eigenvalue weighted by Crippen LogP contribution is 2.26. The molecule has 2 N–H and O–H groups in total. The van der Waals surface area contributed by atoms with Crippen LogP contribution in [0.2, 0.25) is 0 Å². The zero-order chi connectivity index (χ0) is 12.5. The smallest absolute Gasteiger partial charge is 0.282 e. The molecule has 0 aliphatic carbocycles. The molecule has 2 rings (SSSR count). The second-order valence-electron chi connectivity index (χ2n) is 5.23. The van der Waals surface area contributed by atoms with Crippen LogP contribution >= 0.6 is 12.4 Å². The molecule has 2 heterocycles. The fraction of sp³-hybridized carbons (Fsp3) is 1.00. The molecule has 0 aromatic rings. The maximum Gasteiger partial charge on any atom is 0.282 e. The monoisotopic (exact) mass is 297 g/mol. The van der Waals surface area contributed by atoms with Gasteiger partial charge in [0.15, 0.2) is 0 Å². The van der Waals surface area contributed by atoms with Gasteiger partial charge in [-0.25, -0.2) is 0 Å². The first-order valence-corrected chi connectivity index (χ1v) is 7.92. The van der Waals surface area contributed by atoms with Crippen LogP contribution in [0, 0.1) is 5.92 Å². The molecule has 2 aliphatic rings. The van der Waals surface area contributed by atoms with Crippen LogP contribution in [0.3, 0.4) is 0 Å². The molecule has 0 aromatic heterocycles. The van der Waals surface area contributed by atoms with E-state index in [1.54, 1.807) is 8.61 Å². The Morgan fingerprint density at radius 2 is 1.78 bits per heavy atom. The minimum absolute atomic E-state index is 0. The lowest BCUT2D eigenvalue weighted by Gasteiger charge is -2.34. The van der Waals surface area contributed by atoms with Gasteiger partial charge in [0.25, 0.3) is 10.2 Å². The first kappa shape index (κ1) is 16.2. The summed E-state index contributed by atoms with van der Waals surface area (Å²) in [7, 11) is -3.26. The van der Waals surface area contributed by atoms with Crippen molar-refractivity contribution in [3.05, 3.63) is 0 Å². The molecule has 2 saturated heterocycles. The van der Waals surface area contributed by atoms with Gasteiger partial charge in [0.05, 0.1) is 0 Å². The van der Waals surface area contributed by atoms with Crippen molar-refractivity contribution in [3.63, 3.8) is 0 Å². The summed E-state index contributed by atoms with van der Waals surface area (Å²) >= 11 is 0. The molecule has 1 atom stereocenters. The fourth-order valence-corrected chi connectivity index (χ4v) is 4.61. The second-order valence-corrected chi connectivity index (χ2v) is 7.11. The standard InChI is InChI=1S/C11H23N3O2S.ClH/c1-10-4-7-13(8-5-10)17(15,16)14-6-2-3-11(14)9-12;/h10-11H,2-9,12H2,1H3;1H. The molecular weight excluding hydrogens is 274 g/mol. The van der Waals surface area contributed by atoms with Crippen molar-refractivity contribution in [3.8, 4) is 0 Å². The zero-order valence-corrected chi connectivity index (χ0v) is 12.5. The summed E-state index contributed by atoms with van der Waals surface area (Å²) in [5, 5.41) is 0. The number of hydrogen-bond acceptors (Lipinski definition) is 3. The quantitative estimate of drug-likeness (QED) is 0.838. The second kappa shape index (κ2) is 6.52. The minimum atomic E-state index is -3.26. The summed E-state index contributed by atoms with van der Waals surface area (Å²) in [5.74, 6) is 0.644.